The Morgan fingerprint density at radius 2 is 2.19 bits per heavy atom. The molecule has 0 saturated carbocycles. The van der Waals surface area contributed by atoms with Crippen molar-refractivity contribution in [1.82, 2.24) is 0 Å². The number of benzene rings is 1. The average Bonchev–Trinajstić information content (AvgIpc) is 2.25. The Bertz CT molecular complexity index is 342. The van der Waals surface area contributed by atoms with Crippen molar-refractivity contribution in [3.8, 4) is 0 Å². The van der Waals surface area contributed by atoms with Crippen molar-refractivity contribution in [2.75, 3.05) is 32.2 Å². The third-order valence-electron chi connectivity index (χ3n) is 2.55. The fourth-order valence-corrected chi connectivity index (χ4v) is 2.21. The van der Waals surface area contributed by atoms with E-state index in [0.29, 0.717) is 0 Å². The van der Waals surface area contributed by atoms with Crippen LogP contribution in [0.15, 0.2) is 22.7 Å². The third-order valence-corrected chi connectivity index (χ3v) is 3.23. The predicted octanol–water partition coefficient (Wildman–Crippen LogP) is 2.55. The van der Waals surface area contributed by atoms with Crippen molar-refractivity contribution in [3.05, 3.63) is 28.2 Å². The number of methoxy groups -OCH3 is 1. The van der Waals surface area contributed by atoms with Crippen LogP contribution in [0.5, 0.6) is 0 Å². The Kier molecular flexibility index (Phi) is 5.25. The van der Waals surface area contributed by atoms with Crippen LogP contribution in [0.1, 0.15) is 18.5 Å². The lowest BCUT2D eigenvalue weighted by molar-refractivity contribution is 0.206. The second-order valence-electron chi connectivity index (χ2n) is 3.91. The van der Waals surface area contributed by atoms with Gasteiger partial charge >= 0.3 is 0 Å². The Labute approximate surface area is 106 Å². The van der Waals surface area contributed by atoms with Crippen molar-refractivity contribution in [1.29, 1.82) is 0 Å². The van der Waals surface area contributed by atoms with Gasteiger partial charge in [-0.25, -0.2) is 0 Å². The monoisotopic (exact) mass is 286 g/mol. The first kappa shape index (κ1) is 13.5. The summed E-state index contributed by atoms with van der Waals surface area (Å²) in [6.07, 6.45) is 0. The highest BCUT2D eigenvalue weighted by Crippen LogP contribution is 2.26. The molecule has 0 saturated heterocycles. The summed E-state index contributed by atoms with van der Waals surface area (Å²) in [5, 5.41) is 0. The lowest BCUT2D eigenvalue weighted by Gasteiger charge is -2.20. The van der Waals surface area contributed by atoms with E-state index >= 15 is 0 Å². The van der Waals surface area contributed by atoms with E-state index in [-0.39, 0.29) is 6.04 Å². The van der Waals surface area contributed by atoms with Crippen LogP contribution in [0.4, 0.5) is 5.69 Å². The van der Waals surface area contributed by atoms with E-state index in [2.05, 4.69) is 39.0 Å². The Morgan fingerprint density at radius 3 is 2.69 bits per heavy atom. The van der Waals surface area contributed by atoms with Crippen LogP contribution in [0, 0.1) is 0 Å². The zero-order chi connectivity index (χ0) is 12.1. The molecule has 0 aliphatic heterocycles. The van der Waals surface area contributed by atoms with Gasteiger partial charge in [0.15, 0.2) is 0 Å². The second kappa shape index (κ2) is 6.23. The molecule has 1 rings (SSSR count). The number of rotatable bonds is 5. The Hall–Kier alpha value is -0.580. The molecule has 0 amide bonds. The number of nitrogens with two attached hydrogens (primary N) is 1. The maximum atomic E-state index is 5.86. The van der Waals surface area contributed by atoms with E-state index in [9.17, 15) is 0 Å². The van der Waals surface area contributed by atoms with Gasteiger partial charge < -0.3 is 15.4 Å². The zero-order valence-electron chi connectivity index (χ0n) is 10.0. The molecule has 0 spiro atoms. The topological polar surface area (TPSA) is 38.5 Å². The molecule has 1 aromatic carbocycles. The Morgan fingerprint density at radius 1 is 1.50 bits per heavy atom. The van der Waals surface area contributed by atoms with Gasteiger partial charge in [-0.15, -0.1) is 0 Å². The number of likely N-dealkylation sites (N-methyl/N-ethyl adjacent to an activating group) is 1. The van der Waals surface area contributed by atoms with Gasteiger partial charge in [0, 0.05) is 36.9 Å². The summed E-state index contributed by atoms with van der Waals surface area (Å²) in [6.45, 7) is 3.58. The molecule has 4 heteroatoms. The molecule has 0 bridgehead atoms. The van der Waals surface area contributed by atoms with Crippen molar-refractivity contribution in [2.24, 2.45) is 5.73 Å². The first-order valence-electron chi connectivity index (χ1n) is 5.31. The Balaban J connectivity index is 2.80. The first-order chi connectivity index (χ1) is 7.56. The van der Waals surface area contributed by atoms with Crippen molar-refractivity contribution < 1.29 is 4.74 Å². The maximum Gasteiger partial charge on any atom is 0.0637 e. The third kappa shape index (κ3) is 3.47. The molecule has 16 heavy (non-hydrogen) atoms. The quantitative estimate of drug-likeness (QED) is 0.904. The van der Waals surface area contributed by atoms with Crippen LogP contribution in [0.3, 0.4) is 0 Å². The van der Waals surface area contributed by atoms with Gasteiger partial charge in [-0.3, -0.25) is 0 Å². The smallest absolute Gasteiger partial charge is 0.0637 e. The van der Waals surface area contributed by atoms with Crippen molar-refractivity contribution in [3.63, 3.8) is 0 Å². The van der Waals surface area contributed by atoms with Crippen LogP contribution in [-0.2, 0) is 4.74 Å². The highest BCUT2D eigenvalue weighted by atomic mass is 79.9. The summed E-state index contributed by atoms with van der Waals surface area (Å²) in [5.41, 5.74) is 8.15. The molecule has 1 atom stereocenters. The molecule has 3 nitrogen and oxygen atoms in total. The minimum Gasteiger partial charge on any atom is -0.383 e. The maximum absolute atomic E-state index is 5.86. The molecule has 1 aromatic rings. The molecular formula is C12H19BrN2O. The molecule has 0 fully saturated rings. The van der Waals surface area contributed by atoms with Gasteiger partial charge in [0.2, 0.25) is 0 Å². The number of anilines is 1. The standard InChI is InChI=1S/C12H19BrN2O/c1-9(14)11-5-4-10(8-12(11)13)15(2)6-7-16-3/h4-5,8-9H,6-7,14H2,1-3H3/t9-/m1/s1. The molecule has 0 aromatic heterocycles. The van der Waals surface area contributed by atoms with Gasteiger partial charge in [-0.1, -0.05) is 22.0 Å². The minimum atomic E-state index is 0.0488. The molecule has 0 aliphatic carbocycles. The van der Waals surface area contributed by atoms with Gasteiger partial charge in [0.05, 0.1) is 6.61 Å². The number of nitrogens with zero attached hydrogens (tertiary/aromatic N) is 1. The van der Waals surface area contributed by atoms with E-state index in [1.165, 1.54) is 0 Å². The molecule has 0 radical (unpaired) electrons. The number of hydrogen-bond acceptors (Lipinski definition) is 3. The van der Waals surface area contributed by atoms with Gasteiger partial charge in [0.1, 0.15) is 0 Å². The van der Waals surface area contributed by atoms with Crippen molar-refractivity contribution in [2.45, 2.75) is 13.0 Å². The fourth-order valence-electron chi connectivity index (χ4n) is 1.48. The fraction of sp³-hybridized carbons (Fsp3) is 0.500. The molecular weight excluding hydrogens is 268 g/mol. The van der Waals surface area contributed by atoms with Gasteiger partial charge in [0.25, 0.3) is 0 Å². The number of ether oxygens (including phenoxy) is 1. The van der Waals surface area contributed by atoms with Crippen LogP contribution >= 0.6 is 15.9 Å². The van der Waals surface area contributed by atoms with Crippen LogP contribution in [-0.4, -0.2) is 27.3 Å². The molecule has 0 unspecified atom stereocenters. The number of halogens is 1. The SMILES string of the molecule is COCCN(C)c1ccc([C@@H](C)N)c(Br)c1. The second-order valence-corrected chi connectivity index (χ2v) is 4.76. The summed E-state index contributed by atoms with van der Waals surface area (Å²) in [6, 6.07) is 6.29. The minimum absolute atomic E-state index is 0.0488. The summed E-state index contributed by atoms with van der Waals surface area (Å²) < 4.78 is 6.11. The molecule has 90 valence electrons. The summed E-state index contributed by atoms with van der Waals surface area (Å²) in [4.78, 5) is 2.15. The summed E-state index contributed by atoms with van der Waals surface area (Å²) in [5.74, 6) is 0. The number of hydrogen-bond donors (Lipinski definition) is 1. The van der Waals surface area contributed by atoms with Crippen molar-refractivity contribution >= 4 is 21.6 Å². The largest absolute Gasteiger partial charge is 0.383 e. The first-order valence-corrected chi connectivity index (χ1v) is 6.10. The van der Waals surface area contributed by atoms with E-state index in [1.54, 1.807) is 7.11 Å². The zero-order valence-corrected chi connectivity index (χ0v) is 11.6. The van der Waals surface area contributed by atoms with Gasteiger partial charge in [-0.05, 0) is 24.6 Å². The predicted molar refractivity (Wildman–Crippen MR) is 71.9 cm³/mol. The molecule has 2 N–H and O–H groups in total. The van der Waals surface area contributed by atoms with E-state index in [1.807, 2.05) is 14.0 Å². The summed E-state index contributed by atoms with van der Waals surface area (Å²) >= 11 is 3.55. The highest BCUT2D eigenvalue weighted by Gasteiger charge is 2.07. The van der Waals surface area contributed by atoms with Crippen LogP contribution in [0.25, 0.3) is 0 Å². The molecule has 0 aliphatic rings. The normalized spacial score (nSPS) is 12.6. The molecule has 0 heterocycles. The lowest BCUT2D eigenvalue weighted by atomic mass is 10.1. The van der Waals surface area contributed by atoms with E-state index < -0.39 is 0 Å². The highest BCUT2D eigenvalue weighted by molar-refractivity contribution is 9.10. The van der Waals surface area contributed by atoms with E-state index in [4.69, 9.17) is 10.5 Å². The van der Waals surface area contributed by atoms with Crippen LogP contribution in [0.2, 0.25) is 0 Å². The average molecular weight is 287 g/mol. The van der Waals surface area contributed by atoms with Gasteiger partial charge in [-0.2, -0.15) is 0 Å². The summed E-state index contributed by atoms with van der Waals surface area (Å²) in [7, 11) is 3.76. The van der Waals surface area contributed by atoms with E-state index in [0.717, 1.165) is 28.9 Å². The lowest BCUT2D eigenvalue weighted by Crippen LogP contribution is -2.22. The van der Waals surface area contributed by atoms with Crippen LogP contribution < -0.4 is 10.6 Å².